The second kappa shape index (κ2) is 4.79. The quantitative estimate of drug-likeness (QED) is 0.479. The summed E-state index contributed by atoms with van der Waals surface area (Å²) in [6.07, 6.45) is 0. The lowest BCUT2D eigenvalue weighted by Gasteiger charge is -2.33. The number of aliphatic carboxylic acids is 1. The fourth-order valence-corrected chi connectivity index (χ4v) is 1.33. The molecule has 1 unspecified atom stereocenters. The molecule has 1 rings (SSSR count). The van der Waals surface area contributed by atoms with Gasteiger partial charge in [-0.15, -0.1) is 0 Å². The average Bonchev–Trinajstić information content (AvgIpc) is 2.15. The maximum atomic E-state index is 11.6. The van der Waals surface area contributed by atoms with Crippen LogP contribution in [0.1, 0.15) is 0 Å². The number of amides is 3. The Morgan fingerprint density at radius 3 is 2.69 bits per heavy atom. The number of hydrogen-bond acceptors (Lipinski definition) is 4. The lowest BCUT2D eigenvalue weighted by molar-refractivity contribution is -0.144. The molecule has 0 bridgehead atoms. The van der Waals surface area contributed by atoms with Gasteiger partial charge in [-0.25, -0.2) is 14.6 Å². The van der Waals surface area contributed by atoms with Gasteiger partial charge in [0.1, 0.15) is 12.6 Å². The first kappa shape index (κ1) is 12.2. The lowest BCUT2D eigenvalue weighted by atomic mass is 10.2. The van der Waals surface area contributed by atoms with Crippen LogP contribution in [0.5, 0.6) is 0 Å². The second-order valence-corrected chi connectivity index (χ2v) is 3.60. The third kappa shape index (κ3) is 2.83. The van der Waals surface area contributed by atoms with E-state index in [1.54, 1.807) is 14.1 Å². The van der Waals surface area contributed by atoms with Gasteiger partial charge in [-0.2, -0.15) is 0 Å². The molecule has 0 aromatic carbocycles. The standard InChI is InChI=1S/C8H14N4O4/c1-11(2)10-8(16)12-4-6(13)9-3-5(12)7(14)15/h5H,3-4H2,1-2H3,(H,9,13)(H,10,16)(H,14,15). The minimum Gasteiger partial charge on any atom is -0.480 e. The summed E-state index contributed by atoms with van der Waals surface area (Å²) in [4.78, 5) is 34.6. The SMILES string of the molecule is CN(C)NC(=O)N1CC(=O)NCC1C(=O)O. The summed E-state index contributed by atoms with van der Waals surface area (Å²) in [7, 11) is 3.19. The van der Waals surface area contributed by atoms with Gasteiger partial charge in [0.15, 0.2) is 0 Å². The minimum absolute atomic E-state index is 0.0744. The Balaban J connectivity index is 2.74. The fraction of sp³-hybridized carbons (Fsp3) is 0.625. The van der Waals surface area contributed by atoms with Crippen LogP contribution >= 0.6 is 0 Å². The van der Waals surface area contributed by atoms with Gasteiger partial charge in [-0.05, 0) is 0 Å². The number of nitrogens with one attached hydrogen (secondary N) is 2. The van der Waals surface area contributed by atoms with Gasteiger partial charge < -0.3 is 10.4 Å². The maximum Gasteiger partial charge on any atom is 0.333 e. The molecular formula is C8H14N4O4. The Kier molecular flexibility index (Phi) is 3.67. The molecule has 8 nitrogen and oxygen atoms in total. The summed E-state index contributed by atoms with van der Waals surface area (Å²) < 4.78 is 0. The number of carboxylic acid groups (broad SMARTS) is 1. The summed E-state index contributed by atoms with van der Waals surface area (Å²) in [5, 5.41) is 12.7. The third-order valence-corrected chi connectivity index (χ3v) is 2.05. The molecule has 1 saturated heterocycles. The van der Waals surface area contributed by atoms with Crippen LogP contribution < -0.4 is 10.7 Å². The Morgan fingerprint density at radius 1 is 1.56 bits per heavy atom. The summed E-state index contributed by atoms with van der Waals surface area (Å²) in [5.74, 6) is -1.51. The van der Waals surface area contributed by atoms with Crippen LogP contribution in [0.25, 0.3) is 0 Å². The number of carbonyl (C=O) groups is 3. The van der Waals surface area contributed by atoms with Gasteiger partial charge >= 0.3 is 12.0 Å². The van der Waals surface area contributed by atoms with Gasteiger partial charge in [-0.3, -0.25) is 15.1 Å². The second-order valence-electron chi connectivity index (χ2n) is 3.60. The summed E-state index contributed by atoms with van der Waals surface area (Å²) >= 11 is 0. The minimum atomic E-state index is -1.14. The van der Waals surface area contributed by atoms with E-state index in [9.17, 15) is 14.4 Å². The van der Waals surface area contributed by atoms with Crippen molar-refractivity contribution in [1.82, 2.24) is 20.7 Å². The molecule has 1 aliphatic heterocycles. The highest BCUT2D eigenvalue weighted by Crippen LogP contribution is 2.04. The Labute approximate surface area is 92.2 Å². The van der Waals surface area contributed by atoms with Crippen LogP contribution in [-0.4, -0.2) is 66.1 Å². The number of nitrogens with zero attached hydrogens (tertiary/aromatic N) is 2. The smallest absolute Gasteiger partial charge is 0.333 e. The van der Waals surface area contributed by atoms with Crippen LogP contribution in [0.3, 0.4) is 0 Å². The largest absolute Gasteiger partial charge is 0.480 e. The number of hydrazine groups is 1. The van der Waals surface area contributed by atoms with Crippen molar-refractivity contribution in [3.63, 3.8) is 0 Å². The molecule has 1 aliphatic rings. The highest BCUT2D eigenvalue weighted by molar-refractivity contribution is 5.90. The van der Waals surface area contributed by atoms with E-state index in [0.29, 0.717) is 0 Å². The van der Waals surface area contributed by atoms with Crippen molar-refractivity contribution in [1.29, 1.82) is 0 Å². The molecule has 0 spiro atoms. The summed E-state index contributed by atoms with van der Waals surface area (Å²) in [6, 6.07) is -1.63. The van der Waals surface area contributed by atoms with Crippen LogP contribution in [-0.2, 0) is 9.59 Å². The molecule has 3 amide bonds. The van der Waals surface area contributed by atoms with Crippen LogP contribution in [0.15, 0.2) is 0 Å². The van der Waals surface area contributed by atoms with Gasteiger partial charge in [0.25, 0.3) is 0 Å². The van der Waals surface area contributed by atoms with E-state index in [-0.39, 0.29) is 19.0 Å². The molecule has 3 N–H and O–H groups in total. The third-order valence-electron chi connectivity index (χ3n) is 2.05. The molecule has 1 atom stereocenters. The van der Waals surface area contributed by atoms with E-state index >= 15 is 0 Å². The molecule has 16 heavy (non-hydrogen) atoms. The first-order valence-corrected chi connectivity index (χ1v) is 4.66. The van der Waals surface area contributed by atoms with Crippen LogP contribution in [0.4, 0.5) is 4.79 Å². The topological polar surface area (TPSA) is 102 Å². The highest BCUT2D eigenvalue weighted by Gasteiger charge is 2.35. The van der Waals surface area contributed by atoms with Gasteiger partial charge in [-0.1, -0.05) is 0 Å². The van der Waals surface area contributed by atoms with Gasteiger partial charge in [0.2, 0.25) is 5.91 Å². The van der Waals surface area contributed by atoms with Crippen molar-refractivity contribution in [2.24, 2.45) is 0 Å². The van der Waals surface area contributed by atoms with Gasteiger partial charge in [0.05, 0.1) is 0 Å². The molecule has 0 aliphatic carbocycles. The van der Waals surface area contributed by atoms with Crippen molar-refractivity contribution in [3.05, 3.63) is 0 Å². The van der Waals surface area contributed by atoms with Crippen LogP contribution in [0.2, 0.25) is 0 Å². The first-order chi connectivity index (χ1) is 7.41. The molecule has 1 fully saturated rings. The average molecular weight is 230 g/mol. The Morgan fingerprint density at radius 2 is 2.19 bits per heavy atom. The Bertz CT molecular complexity index is 317. The highest BCUT2D eigenvalue weighted by atomic mass is 16.4. The summed E-state index contributed by atoms with van der Waals surface area (Å²) in [5.41, 5.74) is 2.39. The van der Waals surface area contributed by atoms with E-state index in [2.05, 4.69) is 10.7 Å². The van der Waals surface area contributed by atoms with E-state index in [1.807, 2.05) is 0 Å². The molecule has 90 valence electrons. The Hall–Kier alpha value is -1.83. The zero-order valence-corrected chi connectivity index (χ0v) is 9.06. The molecule has 0 saturated carbocycles. The number of carboxylic acids is 1. The van der Waals surface area contributed by atoms with Crippen molar-refractivity contribution >= 4 is 17.9 Å². The molecule has 8 heteroatoms. The molecule has 0 aromatic heterocycles. The normalized spacial score (nSPS) is 20.6. The van der Waals surface area contributed by atoms with E-state index in [4.69, 9.17) is 5.11 Å². The zero-order valence-electron chi connectivity index (χ0n) is 9.06. The number of carbonyl (C=O) groups excluding carboxylic acids is 2. The van der Waals surface area contributed by atoms with Crippen LogP contribution in [0, 0.1) is 0 Å². The molecule has 0 aromatic rings. The zero-order chi connectivity index (χ0) is 12.3. The summed E-state index contributed by atoms with van der Waals surface area (Å²) in [6.45, 7) is -0.328. The van der Waals surface area contributed by atoms with E-state index < -0.39 is 18.0 Å². The monoisotopic (exact) mass is 230 g/mol. The number of urea groups is 1. The van der Waals surface area contributed by atoms with Crippen molar-refractivity contribution < 1.29 is 19.5 Å². The van der Waals surface area contributed by atoms with E-state index in [1.165, 1.54) is 5.01 Å². The predicted octanol–water partition coefficient (Wildman–Crippen LogP) is -1.94. The predicted molar refractivity (Wildman–Crippen MR) is 53.4 cm³/mol. The number of hydrogen-bond donors (Lipinski definition) is 3. The fourth-order valence-electron chi connectivity index (χ4n) is 1.33. The van der Waals surface area contributed by atoms with Crippen molar-refractivity contribution in [3.8, 4) is 0 Å². The maximum absolute atomic E-state index is 11.6. The molecule has 0 radical (unpaired) electrons. The molecule has 1 heterocycles. The molecular weight excluding hydrogens is 216 g/mol. The first-order valence-electron chi connectivity index (χ1n) is 4.66. The van der Waals surface area contributed by atoms with Crippen molar-refractivity contribution in [2.75, 3.05) is 27.2 Å². The number of rotatable bonds is 2. The van der Waals surface area contributed by atoms with Gasteiger partial charge in [0, 0.05) is 20.6 Å². The lowest BCUT2D eigenvalue weighted by Crippen LogP contribution is -2.62. The number of piperazine rings is 1. The van der Waals surface area contributed by atoms with Crippen molar-refractivity contribution in [2.45, 2.75) is 6.04 Å². The van der Waals surface area contributed by atoms with E-state index in [0.717, 1.165) is 4.90 Å².